The smallest absolute Gasteiger partial charge is 0.449 e. The number of rotatable bonds is 2. The lowest BCUT2D eigenvalue weighted by Gasteiger charge is -2.21. The number of nitrogens with one attached hydrogen (secondary N) is 1. The van der Waals surface area contributed by atoms with Gasteiger partial charge >= 0.3 is 6.18 Å². The third-order valence-corrected chi connectivity index (χ3v) is 2.89. The maximum Gasteiger partial charge on any atom is 0.449 e. The Kier molecular flexibility index (Phi) is 3.23. The van der Waals surface area contributed by atoms with Gasteiger partial charge in [0.1, 0.15) is 5.76 Å². The molecule has 0 bridgehead atoms. The average molecular weight is 233 g/mol. The molecule has 2 nitrogen and oxygen atoms in total. The lowest BCUT2D eigenvalue weighted by atomic mass is 9.94. The van der Waals surface area contributed by atoms with Crippen molar-refractivity contribution >= 4 is 0 Å². The van der Waals surface area contributed by atoms with Crippen molar-refractivity contribution in [1.82, 2.24) is 5.32 Å². The summed E-state index contributed by atoms with van der Waals surface area (Å²) in [4.78, 5) is 0. The summed E-state index contributed by atoms with van der Waals surface area (Å²) in [6.45, 7) is 1.88. The Hall–Kier alpha value is -0.970. The third-order valence-electron chi connectivity index (χ3n) is 2.89. The molecule has 0 radical (unpaired) electrons. The van der Waals surface area contributed by atoms with Crippen molar-refractivity contribution in [2.45, 2.75) is 25.4 Å². The monoisotopic (exact) mass is 233 g/mol. The molecule has 1 aliphatic heterocycles. The molecule has 0 saturated carbocycles. The second-order valence-electron chi connectivity index (χ2n) is 4.16. The summed E-state index contributed by atoms with van der Waals surface area (Å²) in [5.74, 6) is -0.0101. The van der Waals surface area contributed by atoms with E-state index in [1.165, 1.54) is 6.07 Å². The van der Waals surface area contributed by atoms with Crippen LogP contribution in [0.2, 0.25) is 0 Å². The number of furan rings is 1. The Bertz CT molecular complexity index is 339. The highest BCUT2D eigenvalue weighted by atomic mass is 19.4. The fourth-order valence-corrected chi connectivity index (χ4v) is 2.01. The average Bonchev–Trinajstić information content (AvgIpc) is 2.67. The van der Waals surface area contributed by atoms with E-state index in [-0.39, 0.29) is 0 Å². The van der Waals surface area contributed by atoms with Crippen LogP contribution in [0, 0.1) is 5.92 Å². The van der Waals surface area contributed by atoms with Crippen LogP contribution in [0.5, 0.6) is 0 Å². The van der Waals surface area contributed by atoms with Crippen LogP contribution in [0.3, 0.4) is 0 Å². The standard InChI is InChI=1S/C11H14F3NO/c12-11(13,14)10-2-1-9(16-10)7-8-3-5-15-6-4-8/h1-2,8,15H,3-7H2. The fraction of sp³-hybridized carbons (Fsp3) is 0.636. The van der Waals surface area contributed by atoms with Gasteiger partial charge in [-0.15, -0.1) is 0 Å². The molecular weight excluding hydrogens is 219 g/mol. The second-order valence-corrected chi connectivity index (χ2v) is 4.16. The molecule has 0 atom stereocenters. The summed E-state index contributed by atoms with van der Waals surface area (Å²) in [5, 5.41) is 3.22. The highest BCUT2D eigenvalue weighted by Gasteiger charge is 2.34. The van der Waals surface area contributed by atoms with E-state index in [4.69, 9.17) is 4.42 Å². The van der Waals surface area contributed by atoms with Crippen molar-refractivity contribution in [3.8, 4) is 0 Å². The minimum absolute atomic E-state index is 0.438. The normalized spacial score (nSPS) is 18.9. The topological polar surface area (TPSA) is 25.2 Å². The van der Waals surface area contributed by atoms with Crippen LogP contribution in [-0.4, -0.2) is 13.1 Å². The van der Waals surface area contributed by atoms with Gasteiger partial charge in [-0.05, 0) is 44.0 Å². The van der Waals surface area contributed by atoms with Crippen molar-refractivity contribution in [2.24, 2.45) is 5.92 Å². The molecule has 1 aromatic rings. The molecule has 0 aromatic carbocycles. The van der Waals surface area contributed by atoms with Crippen molar-refractivity contribution in [3.63, 3.8) is 0 Å². The van der Waals surface area contributed by atoms with E-state index in [1.807, 2.05) is 0 Å². The molecule has 16 heavy (non-hydrogen) atoms. The fourth-order valence-electron chi connectivity index (χ4n) is 2.01. The number of hydrogen-bond donors (Lipinski definition) is 1. The van der Waals surface area contributed by atoms with Crippen molar-refractivity contribution in [3.05, 3.63) is 23.7 Å². The van der Waals surface area contributed by atoms with Gasteiger partial charge in [0.25, 0.3) is 0 Å². The van der Waals surface area contributed by atoms with Crippen LogP contribution in [0.25, 0.3) is 0 Å². The van der Waals surface area contributed by atoms with Gasteiger partial charge in [-0.3, -0.25) is 0 Å². The van der Waals surface area contributed by atoms with Gasteiger partial charge in [0, 0.05) is 6.42 Å². The molecule has 0 spiro atoms. The molecule has 2 rings (SSSR count). The van der Waals surface area contributed by atoms with Crippen molar-refractivity contribution in [1.29, 1.82) is 0 Å². The molecule has 0 unspecified atom stereocenters. The Morgan fingerprint density at radius 1 is 1.25 bits per heavy atom. The molecule has 0 aliphatic carbocycles. The van der Waals surface area contributed by atoms with Crippen LogP contribution >= 0.6 is 0 Å². The number of piperidine rings is 1. The van der Waals surface area contributed by atoms with E-state index < -0.39 is 11.9 Å². The van der Waals surface area contributed by atoms with Crippen LogP contribution < -0.4 is 5.32 Å². The third kappa shape index (κ3) is 2.78. The number of alkyl halides is 3. The maximum atomic E-state index is 12.3. The number of halogens is 3. The molecule has 1 aromatic heterocycles. The summed E-state index contributed by atoms with van der Waals surface area (Å²) in [6.07, 6.45) is -1.76. The number of hydrogen-bond acceptors (Lipinski definition) is 2. The summed E-state index contributed by atoms with van der Waals surface area (Å²) < 4.78 is 41.6. The summed E-state index contributed by atoms with van der Waals surface area (Å²) in [5.41, 5.74) is 0. The zero-order valence-corrected chi connectivity index (χ0v) is 8.81. The predicted molar refractivity (Wildman–Crippen MR) is 53.0 cm³/mol. The Labute approximate surface area is 91.8 Å². The van der Waals surface area contributed by atoms with Gasteiger partial charge in [0.05, 0.1) is 0 Å². The van der Waals surface area contributed by atoms with E-state index in [1.54, 1.807) is 0 Å². The zero-order valence-electron chi connectivity index (χ0n) is 8.81. The quantitative estimate of drug-likeness (QED) is 0.849. The molecule has 1 saturated heterocycles. The molecule has 1 aliphatic rings. The van der Waals surface area contributed by atoms with Crippen molar-refractivity contribution < 1.29 is 17.6 Å². The largest absolute Gasteiger partial charge is 0.457 e. The first-order valence-corrected chi connectivity index (χ1v) is 5.42. The Morgan fingerprint density at radius 3 is 2.50 bits per heavy atom. The molecule has 1 fully saturated rings. The molecule has 5 heteroatoms. The highest BCUT2D eigenvalue weighted by molar-refractivity contribution is 5.10. The lowest BCUT2D eigenvalue weighted by molar-refractivity contribution is -0.153. The van der Waals surface area contributed by atoms with E-state index in [9.17, 15) is 13.2 Å². The maximum absolute atomic E-state index is 12.3. The van der Waals surface area contributed by atoms with Gasteiger partial charge in [-0.25, -0.2) is 0 Å². The van der Waals surface area contributed by atoms with Crippen LogP contribution in [0.15, 0.2) is 16.5 Å². The van der Waals surface area contributed by atoms with Crippen LogP contribution in [0.1, 0.15) is 24.4 Å². The summed E-state index contributed by atoms with van der Waals surface area (Å²) in [6, 6.07) is 2.45. The van der Waals surface area contributed by atoms with E-state index in [0.717, 1.165) is 32.0 Å². The minimum Gasteiger partial charge on any atom is -0.457 e. The van der Waals surface area contributed by atoms with Gasteiger partial charge in [0.15, 0.2) is 0 Å². The van der Waals surface area contributed by atoms with Gasteiger partial charge in [-0.2, -0.15) is 13.2 Å². The summed E-state index contributed by atoms with van der Waals surface area (Å²) in [7, 11) is 0. The lowest BCUT2D eigenvalue weighted by Crippen LogP contribution is -2.28. The van der Waals surface area contributed by atoms with Gasteiger partial charge in [-0.1, -0.05) is 0 Å². The SMILES string of the molecule is FC(F)(F)c1ccc(CC2CCNCC2)o1. The molecule has 1 N–H and O–H groups in total. The molecule has 0 amide bonds. The van der Waals surface area contributed by atoms with E-state index >= 15 is 0 Å². The first kappa shape index (κ1) is 11.5. The Morgan fingerprint density at radius 2 is 1.94 bits per heavy atom. The molecule has 2 heterocycles. The van der Waals surface area contributed by atoms with E-state index in [0.29, 0.717) is 18.1 Å². The molecular formula is C11H14F3NO. The van der Waals surface area contributed by atoms with E-state index in [2.05, 4.69) is 5.32 Å². The molecule has 90 valence electrons. The van der Waals surface area contributed by atoms with Crippen molar-refractivity contribution in [2.75, 3.05) is 13.1 Å². The summed E-state index contributed by atoms with van der Waals surface area (Å²) >= 11 is 0. The first-order valence-electron chi connectivity index (χ1n) is 5.42. The predicted octanol–water partition coefficient (Wildman–Crippen LogP) is 2.84. The van der Waals surface area contributed by atoms with Crippen LogP contribution in [0.4, 0.5) is 13.2 Å². The van der Waals surface area contributed by atoms with Gasteiger partial charge < -0.3 is 9.73 Å². The highest BCUT2D eigenvalue weighted by Crippen LogP contribution is 2.31. The first-order chi connectivity index (χ1) is 7.55. The zero-order chi connectivity index (χ0) is 11.6. The Balaban J connectivity index is 1.97. The van der Waals surface area contributed by atoms with Gasteiger partial charge in [0.2, 0.25) is 5.76 Å². The van der Waals surface area contributed by atoms with Crippen LogP contribution in [-0.2, 0) is 12.6 Å². The minimum atomic E-state index is -4.37. The second kappa shape index (κ2) is 4.49.